The van der Waals surface area contributed by atoms with Crippen molar-refractivity contribution in [2.75, 3.05) is 6.54 Å². The van der Waals surface area contributed by atoms with Crippen LogP contribution in [0.3, 0.4) is 0 Å². The molecule has 4 nitrogen and oxygen atoms in total. The Hall–Kier alpha value is -1.16. The lowest BCUT2D eigenvalue weighted by Crippen LogP contribution is -2.29. The van der Waals surface area contributed by atoms with E-state index in [-0.39, 0.29) is 11.7 Å². The summed E-state index contributed by atoms with van der Waals surface area (Å²) < 4.78 is 0. The van der Waals surface area contributed by atoms with E-state index in [4.69, 9.17) is 0 Å². The Morgan fingerprint density at radius 1 is 1.70 bits per heavy atom. The van der Waals surface area contributed by atoms with Gasteiger partial charge in [-0.15, -0.1) is 0 Å². The Morgan fingerprint density at radius 2 is 2.60 bits per heavy atom. The zero-order valence-electron chi connectivity index (χ0n) is 5.29. The Kier molecular flexibility index (Phi) is 1.07. The molecule has 0 amide bonds. The summed E-state index contributed by atoms with van der Waals surface area (Å²) in [6.07, 6.45) is 3.02. The summed E-state index contributed by atoms with van der Waals surface area (Å²) in [5.41, 5.74) is 5.67. The predicted octanol–water partition coefficient (Wildman–Crippen LogP) is -0.795. The van der Waals surface area contributed by atoms with E-state index >= 15 is 0 Å². The van der Waals surface area contributed by atoms with Crippen molar-refractivity contribution in [2.45, 2.75) is 0 Å². The molecule has 0 aromatic rings. The van der Waals surface area contributed by atoms with Crippen LogP contribution in [-0.2, 0) is 4.79 Å². The number of carbonyl (C=O) groups is 1. The van der Waals surface area contributed by atoms with Crippen molar-refractivity contribution in [1.29, 1.82) is 0 Å². The van der Waals surface area contributed by atoms with E-state index in [0.717, 1.165) is 5.84 Å². The Morgan fingerprint density at radius 3 is 3.40 bits per heavy atom. The Bertz CT molecular complexity index is 231. The van der Waals surface area contributed by atoms with Crippen LogP contribution >= 0.6 is 0 Å². The predicted molar refractivity (Wildman–Crippen MR) is 36.2 cm³/mol. The molecule has 52 valence electrons. The maximum atomic E-state index is 11.0. The van der Waals surface area contributed by atoms with E-state index in [1.807, 2.05) is 0 Å². The number of fused-ring (bicyclic) bond motifs is 1. The van der Waals surface area contributed by atoms with Crippen molar-refractivity contribution >= 4 is 11.6 Å². The van der Waals surface area contributed by atoms with Crippen LogP contribution in [0.4, 0.5) is 0 Å². The molecule has 2 N–H and O–H groups in total. The number of aliphatic imine (C=N–C) groups is 1. The van der Waals surface area contributed by atoms with E-state index in [0.29, 0.717) is 6.54 Å². The molecule has 0 bridgehead atoms. The molecule has 4 heteroatoms. The molecule has 2 aliphatic heterocycles. The second kappa shape index (κ2) is 1.91. The fourth-order valence-corrected chi connectivity index (χ4v) is 1.09. The van der Waals surface area contributed by atoms with Gasteiger partial charge in [-0.05, 0) is 0 Å². The number of nitrogens with zero attached hydrogens (tertiary/aromatic N) is 1. The number of hydrogen-bond donors (Lipinski definition) is 2. The van der Waals surface area contributed by atoms with Gasteiger partial charge in [0.2, 0.25) is 0 Å². The summed E-state index contributed by atoms with van der Waals surface area (Å²) in [6.45, 7) is 0.655. The number of hydrogen-bond acceptors (Lipinski definition) is 4. The van der Waals surface area contributed by atoms with Gasteiger partial charge in [-0.3, -0.25) is 4.79 Å². The highest BCUT2D eigenvalue weighted by Gasteiger charge is 2.28. The average molecular weight is 137 g/mol. The van der Waals surface area contributed by atoms with E-state index < -0.39 is 0 Å². The SMILES string of the molecule is O=C1C=CN=C2NNCC12. The molecule has 1 saturated heterocycles. The highest BCUT2D eigenvalue weighted by molar-refractivity contribution is 6.11. The highest BCUT2D eigenvalue weighted by atomic mass is 16.1. The van der Waals surface area contributed by atoms with Gasteiger partial charge in [-0.2, -0.15) is 0 Å². The zero-order chi connectivity index (χ0) is 6.97. The number of hydrazine groups is 1. The van der Waals surface area contributed by atoms with Gasteiger partial charge >= 0.3 is 0 Å². The second-order valence-corrected chi connectivity index (χ2v) is 2.29. The molecule has 0 radical (unpaired) electrons. The minimum atomic E-state index is -0.0648. The number of amidine groups is 1. The third kappa shape index (κ3) is 0.657. The fraction of sp³-hybridized carbons (Fsp3) is 0.333. The van der Waals surface area contributed by atoms with E-state index in [2.05, 4.69) is 15.8 Å². The van der Waals surface area contributed by atoms with Crippen LogP contribution in [0.1, 0.15) is 0 Å². The molecular weight excluding hydrogens is 130 g/mol. The average Bonchev–Trinajstić information content (AvgIpc) is 2.36. The molecule has 1 atom stereocenters. The first kappa shape index (κ1) is 5.61. The summed E-state index contributed by atoms with van der Waals surface area (Å²) in [5, 5.41) is 0. The lowest BCUT2D eigenvalue weighted by molar-refractivity contribution is -0.116. The van der Waals surface area contributed by atoms with E-state index in [1.165, 1.54) is 12.3 Å². The van der Waals surface area contributed by atoms with Crippen molar-refractivity contribution in [3.05, 3.63) is 12.3 Å². The number of nitrogens with one attached hydrogen (secondary N) is 2. The summed E-state index contributed by atoms with van der Waals surface area (Å²) in [6, 6.07) is 0. The third-order valence-electron chi connectivity index (χ3n) is 1.65. The molecule has 1 unspecified atom stereocenters. The molecule has 2 rings (SSSR count). The molecule has 2 aliphatic rings. The molecule has 2 heterocycles. The van der Waals surface area contributed by atoms with Crippen LogP contribution in [0.5, 0.6) is 0 Å². The summed E-state index contributed by atoms with van der Waals surface area (Å²) >= 11 is 0. The first-order chi connectivity index (χ1) is 4.88. The van der Waals surface area contributed by atoms with Crippen molar-refractivity contribution in [3.63, 3.8) is 0 Å². The smallest absolute Gasteiger partial charge is 0.169 e. The minimum absolute atomic E-state index is 0.0648. The lowest BCUT2D eigenvalue weighted by atomic mass is 10.0. The van der Waals surface area contributed by atoms with Crippen LogP contribution in [0.25, 0.3) is 0 Å². The molecule has 0 aromatic heterocycles. The molecule has 0 saturated carbocycles. The maximum absolute atomic E-state index is 11.0. The highest BCUT2D eigenvalue weighted by Crippen LogP contribution is 2.08. The third-order valence-corrected chi connectivity index (χ3v) is 1.65. The second-order valence-electron chi connectivity index (χ2n) is 2.29. The van der Waals surface area contributed by atoms with Crippen molar-refractivity contribution in [2.24, 2.45) is 10.9 Å². The number of allylic oxidation sites excluding steroid dienone is 1. The standard InChI is InChI=1S/C6H7N3O/c10-5-1-2-7-6-4(5)3-8-9-6/h1-2,4,8H,3H2,(H,7,9). The Labute approximate surface area is 58.0 Å². The largest absolute Gasteiger partial charge is 0.309 e. The van der Waals surface area contributed by atoms with Crippen LogP contribution < -0.4 is 10.9 Å². The number of carbonyl (C=O) groups excluding carboxylic acids is 1. The van der Waals surface area contributed by atoms with Gasteiger partial charge in [-0.25, -0.2) is 10.4 Å². The van der Waals surface area contributed by atoms with Gasteiger partial charge < -0.3 is 5.43 Å². The van der Waals surface area contributed by atoms with Crippen LogP contribution in [0.15, 0.2) is 17.3 Å². The molecule has 0 aromatic carbocycles. The quantitative estimate of drug-likeness (QED) is 0.460. The van der Waals surface area contributed by atoms with Crippen molar-refractivity contribution in [3.8, 4) is 0 Å². The first-order valence-corrected chi connectivity index (χ1v) is 3.15. The zero-order valence-corrected chi connectivity index (χ0v) is 5.29. The van der Waals surface area contributed by atoms with Crippen LogP contribution in [0.2, 0.25) is 0 Å². The normalized spacial score (nSPS) is 29.4. The summed E-state index contributed by atoms with van der Waals surface area (Å²) in [7, 11) is 0. The summed E-state index contributed by atoms with van der Waals surface area (Å²) in [5.74, 6) is 0.806. The minimum Gasteiger partial charge on any atom is -0.309 e. The molecular formula is C6H7N3O. The molecule has 10 heavy (non-hydrogen) atoms. The van der Waals surface area contributed by atoms with Gasteiger partial charge in [0.15, 0.2) is 5.78 Å². The van der Waals surface area contributed by atoms with Gasteiger partial charge in [-0.1, -0.05) is 0 Å². The van der Waals surface area contributed by atoms with Crippen molar-refractivity contribution in [1.82, 2.24) is 10.9 Å². The lowest BCUT2D eigenvalue weighted by Gasteiger charge is -2.06. The fourth-order valence-electron chi connectivity index (χ4n) is 1.09. The number of ketones is 1. The van der Waals surface area contributed by atoms with Crippen molar-refractivity contribution < 1.29 is 4.79 Å². The maximum Gasteiger partial charge on any atom is 0.169 e. The molecule has 0 aliphatic carbocycles. The Balaban J connectivity index is 2.33. The van der Waals surface area contributed by atoms with Crippen LogP contribution in [-0.4, -0.2) is 18.2 Å². The van der Waals surface area contributed by atoms with E-state index in [1.54, 1.807) is 0 Å². The van der Waals surface area contributed by atoms with Gasteiger partial charge in [0.1, 0.15) is 5.84 Å². The monoisotopic (exact) mass is 137 g/mol. The van der Waals surface area contributed by atoms with E-state index in [9.17, 15) is 4.79 Å². The number of rotatable bonds is 0. The first-order valence-electron chi connectivity index (χ1n) is 3.15. The molecule has 0 spiro atoms. The van der Waals surface area contributed by atoms with Gasteiger partial charge in [0, 0.05) is 18.8 Å². The topological polar surface area (TPSA) is 53.5 Å². The molecule has 1 fully saturated rings. The van der Waals surface area contributed by atoms with Crippen LogP contribution in [0, 0.1) is 5.92 Å². The van der Waals surface area contributed by atoms with Gasteiger partial charge in [0.25, 0.3) is 0 Å². The summed E-state index contributed by atoms with van der Waals surface area (Å²) in [4.78, 5) is 15.0. The van der Waals surface area contributed by atoms with Gasteiger partial charge in [0.05, 0.1) is 5.92 Å².